The van der Waals surface area contributed by atoms with Crippen LogP contribution < -0.4 is 0 Å². The molecule has 0 aromatic carbocycles. The van der Waals surface area contributed by atoms with Crippen molar-refractivity contribution in [2.75, 3.05) is 5.75 Å². The SMILES string of the molecule is CC(C)(C)C(=O)OOC1CCCC(SCC(=O)O)C1. The van der Waals surface area contributed by atoms with Gasteiger partial charge in [0.2, 0.25) is 0 Å². The second-order valence-corrected chi connectivity index (χ2v) is 7.12. The Balaban J connectivity index is 2.31. The van der Waals surface area contributed by atoms with Crippen LogP contribution in [-0.4, -0.2) is 34.2 Å². The Morgan fingerprint density at radius 3 is 2.58 bits per heavy atom. The van der Waals surface area contributed by atoms with E-state index in [0.717, 1.165) is 25.7 Å². The molecule has 19 heavy (non-hydrogen) atoms. The van der Waals surface area contributed by atoms with Gasteiger partial charge in [-0.3, -0.25) is 9.68 Å². The molecule has 5 nitrogen and oxygen atoms in total. The maximum absolute atomic E-state index is 11.6. The fourth-order valence-electron chi connectivity index (χ4n) is 1.77. The quantitative estimate of drug-likeness (QED) is 0.620. The van der Waals surface area contributed by atoms with Crippen LogP contribution in [0.3, 0.4) is 0 Å². The molecule has 1 aliphatic rings. The first-order chi connectivity index (χ1) is 8.79. The van der Waals surface area contributed by atoms with Crippen LogP contribution in [-0.2, 0) is 19.4 Å². The highest BCUT2D eigenvalue weighted by atomic mass is 32.2. The van der Waals surface area contributed by atoms with Crippen LogP contribution in [0.1, 0.15) is 46.5 Å². The molecule has 0 radical (unpaired) electrons. The Morgan fingerprint density at radius 2 is 2.00 bits per heavy atom. The molecule has 0 heterocycles. The summed E-state index contributed by atoms with van der Waals surface area (Å²) in [5.41, 5.74) is -0.577. The van der Waals surface area contributed by atoms with Crippen LogP contribution in [0, 0.1) is 5.41 Å². The molecule has 2 unspecified atom stereocenters. The van der Waals surface area contributed by atoms with Gasteiger partial charge in [0.05, 0.1) is 11.2 Å². The van der Waals surface area contributed by atoms with Crippen LogP contribution in [0.5, 0.6) is 0 Å². The summed E-state index contributed by atoms with van der Waals surface area (Å²) in [5, 5.41) is 8.92. The molecule has 0 aromatic rings. The molecular weight excluding hydrogens is 268 g/mol. The van der Waals surface area contributed by atoms with Crippen molar-refractivity contribution in [3.8, 4) is 0 Å². The van der Waals surface area contributed by atoms with Crippen molar-refractivity contribution in [2.45, 2.75) is 57.8 Å². The van der Waals surface area contributed by atoms with E-state index in [4.69, 9.17) is 14.9 Å². The van der Waals surface area contributed by atoms with Gasteiger partial charge in [0, 0.05) is 5.25 Å². The smallest absolute Gasteiger partial charge is 0.347 e. The summed E-state index contributed by atoms with van der Waals surface area (Å²) in [6.45, 7) is 5.31. The van der Waals surface area contributed by atoms with Crippen LogP contribution in [0.2, 0.25) is 0 Å². The van der Waals surface area contributed by atoms with Gasteiger partial charge in [-0.05, 0) is 46.5 Å². The van der Waals surface area contributed by atoms with Crippen molar-refractivity contribution in [1.82, 2.24) is 0 Å². The molecule has 0 saturated heterocycles. The lowest BCUT2D eigenvalue weighted by molar-refractivity contribution is -0.307. The minimum Gasteiger partial charge on any atom is -0.481 e. The van der Waals surface area contributed by atoms with E-state index in [2.05, 4.69) is 0 Å². The number of thioether (sulfide) groups is 1. The van der Waals surface area contributed by atoms with E-state index in [0.29, 0.717) is 0 Å². The van der Waals surface area contributed by atoms with Gasteiger partial charge in [-0.15, -0.1) is 11.8 Å². The van der Waals surface area contributed by atoms with Crippen molar-refractivity contribution in [2.24, 2.45) is 5.41 Å². The van der Waals surface area contributed by atoms with E-state index in [1.807, 2.05) is 0 Å². The highest BCUT2D eigenvalue weighted by Gasteiger charge is 2.28. The molecule has 1 rings (SSSR count). The summed E-state index contributed by atoms with van der Waals surface area (Å²) >= 11 is 1.43. The Hall–Kier alpha value is -0.750. The van der Waals surface area contributed by atoms with Crippen LogP contribution in [0.15, 0.2) is 0 Å². The monoisotopic (exact) mass is 290 g/mol. The molecule has 0 aromatic heterocycles. The summed E-state index contributed by atoms with van der Waals surface area (Å²) in [6.07, 6.45) is 3.42. The van der Waals surface area contributed by atoms with Gasteiger partial charge >= 0.3 is 11.9 Å². The third kappa shape index (κ3) is 6.29. The largest absolute Gasteiger partial charge is 0.481 e. The molecule has 1 aliphatic carbocycles. The van der Waals surface area contributed by atoms with Gasteiger partial charge in [0.15, 0.2) is 0 Å². The third-order valence-electron chi connectivity index (χ3n) is 2.89. The fourth-order valence-corrected chi connectivity index (χ4v) is 2.83. The minimum atomic E-state index is -0.799. The first-order valence-corrected chi connectivity index (χ1v) is 7.55. The number of carboxylic acid groups (broad SMARTS) is 1. The first kappa shape index (κ1) is 16.3. The molecule has 1 N–H and O–H groups in total. The summed E-state index contributed by atoms with van der Waals surface area (Å²) in [5.74, 6) is -1.07. The first-order valence-electron chi connectivity index (χ1n) is 6.50. The molecule has 110 valence electrons. The lowest BCUT2D eigenvalue weighted by Crippen LogP contribution is -2.29. The summed E-state index contributed by atoms with van der Waals surface area (Å²) < 4.78 is 0. The highest BCUT2D eigenvalue weighted by molar-refractivity contribution is 8.00. The summed E-state index contributed by atoms with van der Waals surface area (Å²) in [6, 6.07) is 0. The van der Waals surface area contributed by atoms with Crippen molar-refractivity contribution in [3.63, 3.8) is 0 Å². The molecule has 6 heteroatoms. The van der Waals surface area contributed by atoms with E-state index in [1.54, 1.807) is 20.8 Å². The Bertz CT molecular complexity index is 323. The second-order valence-electron chi connectivity index (χ2n) is 5.83. The molecule has 1 saturated carbocycles. The predicted octanol–water partition coefficient (Wildman–Crippen LogP) is 2.64. The van der Waals surface area contributed by atoms with E-state index in [1.165, 1.54) is 11.8 Å². The molecule has 0 bridgehead atoms. The van der Waals surface area contributed by atoms with Gasteiger partial charge in [0.25, 0.3) is 0 Å². The molecule has 0 amide bonds. The Labute approximate surface area is 118 Å². The predicted molar refractivity (Wildman–Crippen MR) is 72.8 cm³/mol. The molecule has 1 fully saturated rings. The molecule has 2 atom stereocenters. The van der Waals surface area contributed by atoms with Crippen molar-refractivity contribution < 1.29 is 24.5 Å². The zero-order chi connectivity index (χ0) is 14.5. The van der Waals surface area contributed by atoms with Crippen LogP contribution in [0.25, 0.3) is 0 Å². The average Bonchev–Trinajstić information content (AvgIpc) is 2.32. The topological polar surface area (TPSA) is 72.8 Å². The summed E-state index contributed by atoms with van der Waals surface area (Å²) in [4.78, 5) is 32.2. The minimum absolute atomic E-state index is 0.110. The van der Waals surface area contributed by atoms with E-state index in [-0.39, 0.29) is 23.1 Å². The van der Waals surface area contributed by atoms with Crippen molar-refractivity contribution in [1.29, 1.82) is 0 Å². The van der Waals surface area contributed by atoms with Crippen LogP contribution >= 0.6 is 11.8 Å². The number of carbonyl (C=O) groups excluding carboxylic acids is 1. The Kier molecular flexibility index (Phi) is 6.13. The third-order valence-corrected chi connectivity index (χ3v) is 4.21. The second kappa shape index (κ2) is 7.14. The number of carbonyl (C=O) groups is 2. The van der Waals surface area contributed by atoms with Gasteiger partial charge in [-0.1, -0.05) is 0 Å². The van der Waals surface area contributed by atoms with Gasteiger partial charge in [0.1, 0.15) is 6.10 Å². The number of hydrogen-bond donors (Lipinski definition) is 1. The summed E-state index contributed by atoms with van der Waals surface area (Å²) in [7, 11) is 0. The van der Waals surface area contributed by atoms with Gasteiger partial charge < -0.3 is 5.11 Å². The molecule has 0 aliphatic heterocycles. The fraction of sp³-hybridized carbons (Fsp3) is 0.846. The maximum Gasteiger partial charge on any atom is 0.347 e. The standard InChI is InChI=1S/C13H22O5S/c1-13(2,3)12(16)18-17-9-5-4-6-10(7-9)19-8-11(14)15/h9-10H,4-8H2,1-3H3,(H,14,15). The molecule has 0 spiro atoms. The number of carboxylic acids is 1. The van der Waals surface area contributed by atoms with E-state index in [9.17, 15) is 9.59 Å². The number of aliphatic carboxylic acids is 1. The van der Waals surface area contributed by atoms with Gasteiger partial charge in [-0.25, -0.2) is 4.79 Å². The number of hydrogen-bond acceptors (Lipinski definition) is 5. The van der Waals surface area contributed by atoms with E-state index < -0.39 is 11.4 Å². The lowest BCUT2D eigenvalue weighted by Gasteiger charge is -2.27. The molecular formula is C13H22O5S. The maximum atomic E-state index is 11.6. The number of rotatable bonds is 5. The normalized spacial score (nSPS) is 23.9. The van der Waals surface area contributed by atoms with Crippen LogP contribution in [0.4, 0.5) is 0 Å². The Morgan fingerprint density at radius 1 is 1.32 bits per heavy atom. The van der Waals surface area contributed by atoms with Crippen molar-refractivity contribution >= 4 is 23.7 Å². The highest BCUT2D eigenvalue weighted by Crippen LogP contribution is 2.30. The van der Waals surface area contributed by atoms with E-state index >= 15 is 0 Å². The zero-order valence-electron chi connectivity index (χ0n) is 11.7. The average molecular weight is 290 g/mol. The van der Waals surface area contributed by atoms with Gasteiger partial charge in [-0.2, -0.15) is 4.89 Å². The lowest BCUT2D eigenvalue weighted by atomic mass is 9.97. The zero-order valence-corrected chi connectivity index (χ0v) is 12.5. The van der Waals surface area contributed by atoms with Crippen molar-refractivity contribution in [3.05, 3.63) is 0 Å².